The van der Waals surface area contributed by atoms with E-state index in [0.717, 1.165) is 44.4 Å². The van der Waals surface area contributed by atoms with Crippen LogP contribution in [0.2, 0.25) is 0 Å². The zero-order valence-electron chi connectivity index (χ0n) is 15.3. The molecule has 0 aliphatic rings. The van der Waals surface area contributed by atoms with Gasteiger partial charge in [-0.15, -0.1) is 10.2 Å². The Hall–Kier alpha value is -3.97. The lowest BCUT2D eigenvalue weighted by atomic mass is 10.0. The van der Waals surface area contributed by atoms with Crippen LogP contribution in [-0.2, 0) is 0 Å². The number of aryl methyl sites for hydroxylation is 1. The zero-order valence-corrected chi connectivity index (χ0v) is 15.3. The van der Waals surface area contributed by atoms with E-state index < -0.39 is 0 Å². The van der Waals surface area contributed by atoms with E-state index in [-0.39, 0.29) is 0 Å². The molecule has 2 aromatic carbocycles. The first-order chi connectivity index (χ1) is 13.8. The molecule has 0 saturated heterocycles. The van der Waals surface area contributed by atoms with Crippen LogP contribution in [0.25, 0.3) is 38.8 Å². The summed E-state index contributed by atoms with van der Waals surface area (Å²) in [5.74, 6) is 0. The molecular weight excluding hydrogens is 344 g/mol. The van der Waals surface area contributed by atoms with Crippen LogP contribution in [0.5, 0.6) is 0 Å². The van der Waals surface area contributed by atoms with Crippen molar-refractivity contribution in [3.05, 3.63) is 90.3 Å². The molecule has 4 nitrogen and oxygen atoms in total. The highest BCUT2D eigenvalue weighted by atomic mass is 15.1. The Balaban J connectivity index is 2.02. The van der Waals surface area contributed by atoms with Crippen LogP contribution < -0.4 is 0 Å². The topological polar surface area (TPSA) is 54.0 Å². The van der Waals surface area contributed by atoms with Crippen molar-refractivity contribution in [1.29, 1.82) is 5.26 Å². The summed E-state index contributed by atoms with van der Waals surface area (Å²) in [6.45, 7) is 2.06. The third kappa shape index (κ3) is 2.38. The van der Waals surface area contributed by atoms with E-state index in [4.69, 9.17) is 0 Å². The van der Waals surface area contributed by atoms with Crippen LogP contribution in [0.4, 0.5) is 0 Å². The molecule has 0 aliphatic heterocycles. The fraction of sp³-hybridized carbons (Fsp3) is 0.0417. The van der Waals surface area contributed by atoms with Gasteiger partial charge in [0.25, 0.3) is 0 Å². The van der Waals surface area contributed by atoms with Gasteiger partial charge in [-0.25, -0.2) is 0 Å². The molecule has 0 unspecified atom stereocenters. The van der Waals surface area contributed by atoms with E-state index in [1.807, 2.05) is 77.3 Å². The lowest BCUT2D eigenvalue weighted by molar-refractivity contribution is 1.06. The number of hydrogen-bond donors (Lipinski definition) is 0. The SMILES string of the molecule is Cc1ccn2c(C#N)c3c(-c4ccccc4)nnc(-c4ccccc4)c3c2c1. The Kier molecular flexibility index (Phi) is 3.67. The monoisotopic (exact) mass is 360 g/mol. The number of fused-ring (bicyclic) bond motifs is 3. The Morgan fingerprint density at radius 3 is 1.93 bits per heavy atom. The molecule has 0 N–H and O–H groups in total. The summed E-state index contributed by atoms with van der Waals surface area (Å²) in [7, 11) is 0. The lowest BCUT2D eigenvalue weighted by Gasteiger charge is -2.07. The van der Waals surface area contributed by atoms with Gasteiger partial charge in [0.1, 0.15) is 23.2 Å². The maximum atomic E-state index is 10.0. The van der Waals surface area contributed by atoms with Gasteiger partial charge in [-0.2, -0.15) is 5.26 Å². The molecule has 3 heterocycles. The Labute approximate surface area is 162 Å². The number of aromatic nitrogens is 3. The van der Waals surface area contributed by atoms with Gasteiger partial charge in [0.2, 0.25) is 0 Å². The molecule has 0 atom stereocenters. The first-order valence-electron chi connectivity index (χ1n) is 9.10. The zero-order chi connectivity index (χ0) is 19.1. The average Bonchev–Trinajstić information content (AvgIpc) is 3.08. The number of nitrogens with zero attached hydrogens (tertiary/aromatic N) is 4. The maximum Gasteiger partial charge on any atom is 0.135 e. The molecular formula is C24H16N4. The van der Waals surface area contributed by atoms with Crippen LogP contribution in [-0.4, -0.2) is 14.6 Å². The van der Waals surface area contributed by atoms with Crippen molar-refractivity contribution < 1.29 is 0 Å². The summed E-state index contributed by atoms with van der Waals surface area (Å²) < 4.78 is 1.94. The third-order valence-electron chi connectivity index (χ3n) is 5.02. The Bertz CT molecular complexity index is 1360. The second kappa shape index (κ2) is 6.33. The molecule has 0 fully saturated rings. The highest BCUT2D eigenvalue weighted by molar-refractivity contribution is 6.13. The molecule has 0 radical (unpaired) electrons. The van der Waals surface area contributed by atoms with Gasteiger partial charge in [-0.05, 0) is 24.6 Å². The number of hydrogen-bond acceptors (Lipinski definition) is 3. The smallest absolute Gasteiger partial charge is 0.135 e. The van der Waals surface area contributed by atoms with E-state index in [2.05, 4.69) is 29.3 Å². The van der Waals surface area contributed by atoms with Gasteiger partial charge in [-0.1, -0.05) is 60.7 Å². The van der Waals surface area contributed by atoms with Crippen LogP contribution in [0.3, 0.4) is 0 Å². The Morgan fingerprint density at radius 1 is 0.786 bits per heavy atom. The summed E-state index contributed by atoms with van der Waals surface area (Å²) >= 11 is 0. The normalized spacial score (nSPS) is 11.0. The first kappa shape index (κ1) is 16.2. The van der Waals surface area contributed by atoms with Crippen LogP contribution >= 0.6 is 0 Å². The van der Waals surface area contributed by atoms with Crippen molar-refractivity contribution >= 4 is 16.3 Å². The summed E-state index contributed by atoms with van der Waals surface area (Å²) in [5.41, 5.74) is 6.14. The second-order valence-electron chi connectivity index (χ2n) is 6.80. The summed E-state index contributed by atoms with van der Waals surface area (Å²) in [6.07, 6.45) is 1.95. The summed E-state index contributed by atoms with van der Waals surface area (Å²) in [4.78, 5) is 0. The highest BCUT2D eigenvalue weighted by Crippen LogP contribution is 2.38. The van der Waals surface area contributed by atoms with E-state index >= 15 is 0 Å². The van der Waals surface area contributed by atoms with Crippen molar-refractivity contribution in [3.8, 4) is 28.6 Å². The van der Waals surface area contributed by atoms with Gasteiger partial charge in [-0.3, -0.25) is 0 Å². The molecule has 0 aliphatic carbocycles. The number of benzene rings is 2. The molecule has 3 aromatic heterocycles. The van der Waals surface area contributed by atoms with Crippen molar-refractivity contribution in [2.45, 2.75) is 6.92 Å². The maximum absolute atomic E-state index is 10.0. The number of rotatable bonds is 2. The lowest BCUT2D eigenvalue weighted by Crippen LogP contribution is -1.94. The van der Waals surface area contributed by atoms with Gasteiger partial charge in [0, 0.05) is 28.1 Å². The highest BCUT2D eigenvalue weighted by Gasteiger charge is 2.22. The summed E-state index contributed by atoms with van der Waals surface area (Å²) in [6, 6.07) is 26.4. The fourth-order valence-electron chi connectivity index (χ4n) is 3.74. The minimum atomic E-state index is 0.580. The van der Waals surface area contributed by atoms with Crippen molar-refractivity contribution in [1.82, 2.24) is 14.6 Å². The van der Waals surface area contributed by atoms with E-state index in [9.17, 15) is 5.26 Å². The average molecular weight is 360 g/mol. The predicted octanol–water partition coefficient (Wildman–Crippen LogP) is 5.40. The van der Waals surface area contributed by atoms with Gasteiger partial charge in [0.15, 0.2) is 0 Å². The molecule has 0 spiro atoms. The molecule has 28 heavy (non-hydrogen) atoms. The van der Waals surface area contributed by atoms with Crippen LogP contribution in [0.1, 0.15) is 11.3 Å². The van der Waals surface area contributed by atoms with E-state index in [1.165, 1.54) is 0 Å². The molecule has 0 bridgehead atoms. The number of pyridine rings is 1. The molecule has 4 heteroatoms. The first-order valence-corrected chi connectivity index (χ1v) is 9.10. The third-order valence-corrected chi connectivity index (χ3v) is 5.02. The fourth-order valence-corrected chi connectivity index (χ4v) is 3.74. The minimum Gasteiger partial charge on any atom is -0.307 e. The van der Waals surface area contributed by atoms with Crippen molar-refractivity contribution in [3.63, 3.8) is 0 Å². The van der Waals surface area contributed by atoms with E-state index in [1.54, 1.807) is 0 Å². The predicted molar refractivity (Wildman–Crippen MR) is 111 cm³/mol. The van der Waals surface area contributed by atoms with Crippen LogP contribution in [0, 0.1) is 18.3 Å². The van der Waals surface area contributed by atoms with Gasteiger partial charge in [0.05, 0.1) is 5.52 Å². The molecule has 0 amide bonds. The molecule has 132 valence electrons. The van der Waals surface area contributed by atoms with Gasteiger partial charge < -0.3 is 4.40 Å². The molecule has 5 rings (SSSR count). The van der Waals surface area contributed by atoms with Crippen molar-refractivity contribution in [2.24, 2.45) is 0 Å². The largest absolute Gasteiger partial charge is 0.307 e. The second-order valence-corrected chi connectivity index (χ2v) is 6.80. The molecule has 5 aromatic rings. The van der Waals surface area contributed by atoms with Gasteiger partial charge >= 0.3 is 0 Å². The number of nitriles is 1. The van der Waals surface area contributed by atoms with Crippen LogP contribution in [0.15, 0.2) is 79.0 Å². The quantitative estimate of drug-likeness (QED) is 0.424. The summed E-state index contributed by atoms with van der Waals surface area (Å²) in [5, 5.41) is 21.0. The van der Waals surface area contributed by atoms with E-state index in [0.29, 0.717) is 5.69 Å². The minimum absolute atomic E-state index is 0.580. The Morgan fingerprint density at radius 2 is 1.36 bits per heavy atom. The molecule has 0 saturated carbocycles. The van der Waals surface area contributed by atoms with Crippen molar-refractivity contribution in [2.75, 3.05) is 0 Å². The standard InChI is InChI=1S/C24H16N4/c1-16-12-13-28-19(14-16)21-22(20(28)15-25)24(18-10-6-3-7-11-18)27-26-23(21)17-8-4-2-5-9-17/h2-14H,1H3.